The Kier molecular flexibility index (Phi) is 8.13. The van der Waals surface area contributed by atoms with Gasteiger partial charge in [0.15, 0.2) is 0 Å². The zero-order valence-corrected chi connectivity index (χ0v) is 18.5. The van der Waals surface area contributed by atoms with Gasteiger partial charge in [0.05, 0.1) is 17.6 Å². The van der Waals surface area contributed by atoms with Gasteiger partial charge < -0.3 is 10.4 Å². The Hall–Kier alpha value is -2.87. The fourth-order valence-corrected chi connectivity index (χ4v) is 4.97. The molecule has 2 N–H and O–H groups in total. The van der Waals surface area contributed by atoms with Crippen LogP contribution in [0.25, 0.3) is 0 Å². The minimum atomic E-state index is -4.33. The number of carbonyl (C=O) groups excluding carboxylic acids is 1. The first-order valence-electron chi connectivity index (χ1n) is 11.1. The summed E-state index contributed by atoms with van der Waals surface area (Å²) in [6, 6.07) is 15.2. The topological polar surface area (TPSA) is 69.6 Å². The van der Waals surface area contributed by atoms with E-state index in [9.17, 15) is 18.0 Å². The van der Waals surface area contributed by atoms with E-state index in [1.807, 2.05) is 37.3 Å². The lowest BCUT2D eigenvalue weighted by atomic mass is 9.74. The van der Waals surface area contributed by atoms with E-state index in [4.69, 9.17) is 9.90 Å². The van der Waals surface area contributed by atoms with Gasteiger partial charge in [-0.1, -0.05) is 42.5 Å². The third kappa shape index (κ3) is 6.13. The van der Waals surface area contributed by atoms with Crippen LogP contribution in [0, 0.1) is 5.92 Å². The molecule has 3 aliphatic rings. The van der Waals surface area contributed by atoms with Crippen molar-refractivity contribution in [2.45, 2.75) is 63.5 Å². The van der Waals surface area contributed by atoms with Gasteiger partial charge in [0, 0.05) is 12.6 Å². The maximum absolute atomic E-state index is 13.3. The molecular formula is C25H29F3N2O3. The van der Waals surface area contributed by atoms with Gasteiger partial charge in [-0.15, -0.1) is 0 Å². The Bertz CT molecular complexity index is 911. The predicted octanol–water partition coefficient (Wildman–Crippen LogP) is 5.03. The Balaban J connectivity index is 0.000000968. The van der Waals surface area contributed by atoms with Crippen LogP contribution in [0.3, 0.4) is 0 Å². The van der Waals surface area contributed by atoms with Gasteiger partial charge >= 0.3 is 6.18 Å². The largest absolute Gasteiger partial charge is 0.483 e. The fraction of sp³-hybridized carbons (Fsp3) is 0.440. The van der Waals surface area contributed by atoms with Crippen molar-refractivity contribution in [3.63, 3.8) is 0 Å². The summed E-state index contributed by atoms with van der Waals surface area (Å²) < 4.78 is 38.6. The lowest BCUT2D eigenvalue weighted by Gasteiger charge is -2.50. The quantitative estimate of drug-likeness (QED) is 0.612. The summed E-state index contributed by atoms with van der Waals surface area (Å²) in [5.41, 5.74) is 1.22. The number of rotatable bonds is 5. The first-order valence-corrected chi connectivity index (χ1v) is 11.1. The zero-order chi connectivity index (χ0) is 24.0. The normalized spacial score (nSPS) is 23.2. The molecule has 0 spiro atoms. The second kappa shape index (κ2) is 10.8. The molecule has 2 aromatic rings. The smallest absolute Gasteiger partial charge is 0.416 e. The van der Waals surface area contributed by atoms with Gasteiger partial charge in [0.25, 0.3) is 6.47 Å². The summed E-state index contributed by atoms with van der Waals surface area (Å²) in [6.07, 6.45) is -0.177. The molecule has 33 heavy (non-hydrogen) atoms. The first kappa shape index (κ1) is 24.8. The summed E-state index contributed by atoms with van der Waals surface area (Å²) in [5.74, 6) is 0.320. The summed E-state index contributed by atoms with van der Waals surface area (Å²) in [5, 5.41) is 10.1. The highest BCUT2D eigenvalue weighted by atomic mass is 19.4. The number of fused-ring (bicyclic) bond motifs is 3. The van der Waals surface area contributed by atoms with E-state index in [0.29, 0.717) is 18.5 Å². The molecule has 0 radical (unpaired) electrons. The van der Waals surface area contributed by atoms with Crippen LogP contribution < -0.4 is 5.32 Å². The van der Waals surface area contributed by atoms with Gasteiger partial charge in [-0.05, 0) is 61.8 Å². The number of hydrogen-bond donors (Lipinski definition) is 2. The molecule has 2 saturated heterocycles. The first-order chi connectivity index (χ1) is 15.7. The lowest BCUT2D eigenvalue weighted by Crippen LogP contribution is -2.60. The molecule has 2 heterocycles. The van der Waals surface area contributed by atoms with E-state index < -0.39 is 11.7 Å². The number of carbonyl (C=O) groups is 2. The van der Waals surface area contributed by atoms with Crippen molar-refractivity contribution in [2.24, 2.45) is 5.92 Å². The summed E-state index contributed by atoms with van der Waals surface area (Å²) in [6.45, 7) is 2.23. The molecule has 1 unspecified atom stereocenters. The van der Waals surface area contributed by atoms with Crippen LogP contribution in [-0.2, 0) is 22.3 Å². The highest BCUT2D eigenvalue weighted by Crippen LogP contribution is 2.41. The van der Waals surface area contributed by atoms with E-state index in [1.54, 1.807) is 0 Å². The second-order valence-corrected chi connectivity index (χ2v) is 8.63. The van der Waals surface area contributed by atoms with Crippen molar-refractivity contribution in [3.05, 3.63) is 71.3 Å². The number of piperidine rings is 2. The summed E-state index contributed by atoms with van der Waals surface area (Å²) in [7, 11) is 0. The maximum Gasteiger partial charge on any atom is 0.416 e. The fourth-order valence-electron chi connectivity index (χ4n) is 4.97. The lowest BCUT2D eigenvalue weighted by molar-refractivity contribution is -0.137. The van der Waals surface area contributed by atoms with E-state index in [2.05, 4.69) is 10.2 Å². The van der Waals surface area contributed by atoms with Crippen molar-refractivity contribution >= 4 is 12.4 Å². The molecule has 2 aromatic carbocycles. The molecule has 0 aromatic heterocycles. The SMILES string of the molecule is C[C@H](NC(=O)C1C2CCC(CC2)N1Cc1ccc(C(F)(F)F)cc1)c1ccccc1.O=CO. The van der Waals surface area contributed by atoms with Crippen LogP contribution in [-0.4, -0.2) is 34.5 Å². The van der Waals surface area contributed by atoms with Gasteiger partial charge in [-0.25, -0.2) is 0 Å². The summed E-state index contributed by atoms with van der Waals surface area (Å²) in [4.78, 5) is 23.8. The number of carboxylic acid groups (broad SMARTS) is 1. The van der Waals surface area contributed by atoms with E-state index in [0.717, 1.165) is 48.9 Å². The molecule has 2 atom stereocenters. The number of nitrogens with zero attached hydrogens (tertiary/aromatic N) is 1. The molecule has 178 valence electrons. The number of halogens is 3. The minimum Gasteiger partial charge on any atom is -0.483 e. The average Bonchev–Trinajstić information content (AvgIpc) is 2.80. The van der Waals surface area contributed by atoms with Crippen LogP contribution in [0.1, 0.15) is 55.3 Å². The molecular weight excluding hydrogens is 433 g/mol. The predicted molar refractivity (Wildman–Crippen MR) is 118 cm³/mol. The van der Waals surface area contributed by atoms with Crippen molar-refractivity contribution in [2.75, 3.05) is 0 Å². The Labute approximate surface area is 191 Å². The molecule has 8 heteroatoms. The number of hydrogen-bond acceptors (Lipinski definition) is 3. The molecule has 1 aliphatic carbocycles. The van der Waals surface area contributed by atoms with Crippen LogP contribution in [0.4, 0.5) is 13.2 Å². The molecule has 5 nitrogen and oxygen atoms in total. The summed E-state index contributed by atoms with van der Waals surface area (Å²) >= 11 is 0. The number of nitrogens with one attached hydrogen (secondary N) is 1. The van der Waals surface area contributed by atoms with Crippen molar-refractivity contribution in [1.82, 2.24) is 10.2 Å². The van der Waals surface area contributed by atoms with Crippen molar-refractivity contribution in [3.8, 4) is 0 Å². The van der Waals surface area contributed by atoms with Crippen LogP contribution in [0.2, 0.25) is 0 Å². The second-order valence-electron chi connectivity index (χ2n) is 8.63. The van der Waals surface area contributed by atoms with Gasteiger partial charge in [-0.2, -0.15) is 13.2 Å². The van der Waals surface area contributed by atoms with Crippen LogP contribution in [0.5, 0.6) is 0 Å². The van der Waals surface area contributed by atoms with Gasteiger partial charge in [0.1, 0.15) is 0 Å². The standard InChI is InChI=1S/C24H27F3N2O.CH2O2/c1-16(18-5-3-2-4-6-18)28-23(30)22-19-9-13-21(14-10-19)29(22)15-17-7-11-20(12-8-17)24(25,26)27;2-1-3/h2-8,11-12,16,19,21-22H,9-10,13-15H2,1H3,(H,28,30);1H,(H,2,3)/t16-,19?,21?,22?;/m0./s1. The monoisotopic (exact) mass is 462 g/mol. The van der Waals surface area contributed by atoms with Crippen LogP contribution in [0.15, 0.2) is 54.6 Å². The van der Waals surface area contributed by atoms with Crippen molar-refractivity contribution in [1.29, 1.82) is 0 Å². The van der Waals surface area contributed by atoms with E-state index in [-0.39, 0.29) is 24.5 Å². The van der Waals surface area contributed by atoms with Gasteiger partial charge in [0.2, 0.25) is 5.91 Å². The van der Waals surface area contributed by atoms with Gasteiger partial charge in [-0.3, -0.25) is 14.5 Å². The number of alkyl halides is 3. The molecule has 3 fully saturated rings. The number of benzene rings is 2. The average molecular weight is 463 g/mol. The van der Waals surface area contributed by atoms with Crippen molar-refractivity contribution < 1.29 is 27.9 Å². The minimum absolute atomic E-state index is 0.0210. The Morgan fingerprint density at radius 2 is 1.67 bits per heavy atom. The van der Waals surface area contributed by atoms with Crippen LogP contribution >= 0.6 is 0 Å². The third-order valence-electron chi connectivity index (χ3n) is 6.59. The number of amides is 1. The van der Waals surface area contributed by atoms with E-state index in [1.165, 1.54) is 12.1 Å². The molecule has 1 saturated carbocycles. The Morgan fingerprint density at radius 1 is 1.09 bits per heavy atom. The van der Waals surface area contributed by atoms with E-state index >= 15 is 0 Å². The molecule has 1 amide bonds. The third-order valence-corrected chi connectivity index (χ3v) is 6.59. The molecule has 2 bridgehead atoms. The Morgan fingerprint density at radius 3 is 2.21 bits per heavy atom. The molecule has 2 aliphatic heterocycles. The zero-order valence-electron chi connectivity index (χ0n) is 18.5. The highest BCUT2D eigenvalue weighted by Gasteiger charge is 2.45. The highest BCUT2D eigenvalue weighted by molar-refractivity contribution is 5.83. The maximum atomic E-state index is 13.3. The molecule has 5 rings (SSSR count).